The predicted molar refractivity (Wildman–Crippen MR) is 87.4 cm³/mol. The summed E-state index contributed by atoms with van der Waals surface area (Å²) in [6.07, 6.45) is 1.85. The molecule has 0 aliphatic carbocycles. The molecule has 1 unspecified atom stereocenters. The van der Waals surface area contributed by atoms with Gasteiger partial charge in [-0.1, -0.05) is 20.8 Å². The quantitative estimate of drug-likeness (QED) is 0.560. The number of nitrogens with one attached hydrogen (secondary N) is 1. The van der Waals surface area contributed by atoms with Crippen molar-refractivity contribution in [3.8, 4) is 0 Å². The van der Waals surface area contributed by atoms with Crippen LogP contribution >= 0.6 is 27.7 Å². The van der Waals surface area contributed by atoms with Crippen LogP contribution in [0.1, 0.15) is 39.1 Å². The van der Waals surface area contributed by atoms with Crippen molar-refractivity contribution in [1.29, 1.82) is 0 Å². The lowest BCUT2D eigenvalue weighted by Gasteiger charge is -2.17. The van der Waals surface area contributed by atoms with E-state index in [-0.39, 0.29) is 6.04 Å². The van der Waals surface area contributed by atoms with E-state index in [0.29, 0.717) is 5.25 Å². The fourth-order valence-corrected chi connectivity index (χ4v) is 3.48. The summed E-state index contributed by atoms with van der Waals surface area (Å²) in [6.45, 7) is 9.56. The molecule has 0 spiro atoms. The van der Waals surface area contributed by atoms with Crippen LogP contribution in [0.2, 0.25) is 0 Å². The summed E-state index contributed by atoms with van der Waals surface area (Å²) in [7, 11) is 0. The summed E-state index contributed by atoms with van der Waals surface area (Å²) in [5, 5.41) is 5.25. The molecular weight excluding hydrogens is 324 g/mol. The number of halogens is 1. The summed E-state index contributed by atoms with van der Waals surface area (Å²) < 4.78 is 3.22. The number of aromatic nitrogens is 2. The first-order valence-corrected chi connectivity index (χ1v) is 8.69. The van der Waals surface area contributed by atoms with E-state index < -0.39 is 0 Å². The van der Waals surface area contributed by atoms with Gasteiger partial charge in [-0.25, -0.2) is 0 Å². The second kappa shape index (κ2) is 8.29. The standard InChI is InChI=1S/C13H25BrN4S/c1-5-11-13(14)12(18(6-2)17-11)7-10(16-15)8-19-9(3)4/h9-10,16H,5-8,15H2,1-4H3. The van der Waals surface area contributed by atoms with Gasteiger partial charge in [0, 0.05) is 24.8 Å². The molecule has 0 radical (unpaired) electrons. The molecule has 0 aliphatic rings. The maximum atomic E-state index is 5.68. The number of nitrogens with two attached hydrogens (primary N) is 1. The van der Waals surface area contributed by atoms with Crippen molar-refractivity contribution in [2.45, 2.75) is 58.4 Å². The Hall–Kier alpha value is -0.0400. The van der Waals surface area contributed by atoms with Crippen LogP contribution in [0.15, 0.2) is 4.47 Å². The van der Waals surface area contributed by atoms with Gasteiger partial charge < -0.3 is 0 Å². The zero-order valence-corrected chi connectivity index (χ0v) is 14.6. The highest BCUT2D eigenvalue weighted by Crippen LogP contribution is 2.24. The number of hydrogen-bond acceptors (Lipinski definition) is 4. The Labute approximate surface area is 129 Å². The van der Waals surface area contributed by atoms with E-state index in [1.165, 1.54) is 5.69 Å². The Balaban J connectivity index is 2.80. The molecule has 0 amide bonds. The Kier molecular flexibility index (Phi) is 7.42. The van der Waals surface area contributed by atoms with Gasteiger partial charge in [0.05, 0.1) is 15.9 Å². The Morgan fingerprint density at radius 1 is 1.42 bits per heavy atom. The number of aryl methyl sites for hydroxylation is 2. The molecular formula is C13H25BrN4S. The first-order chi connectivity index (χ1) is 9.03. The Bertz CT molecular complexity index is 392. The van der Waals surface area contributed by atoms with Crippen LogP contribution < -0.4 is 11.3 Å². The second-order valence-electron chi connectivity index (χ2n) is 4.83. The summed E-state index contributed by atoms with van der Waals surface area (Å²) in [4.78, 5) is 0. The molecule has 0 saturated heterocycles. The van der Waals surface area contributed by atoms with Crippen molar-refractivity contribution in [1.82, 2.24) is 15.2 Å². The molecule has 3 N–H and O–H groups in total. The van der Waals surface area contributed by atoms with Crippen LogP contribution in [0.4, 0.5) is 0 Å². The first kappa shape index (κ1) is 17.0. The molecule has 4 nitrogen and oxygen atoms in total. The van der Waals surface area contributed by atoms with E-state index in [0.717, 1.165) is 35.3 Å². The van der Waals surface area contributed by atoms with Crippen molar-refractivity contribution >= 4 is 27.7 Å². The SMILES string of the molecule is CCc1nn(CC)c(CC(CSC(C)C)NN)c1Br. The molecule has 1 rings (SSSR count). The van der Waals surface area contributed by atoms with Crippen LogP contribution in [-0.2, 0) is 19.4 Å². The van der Waals surface area contributed by atoms with Gasteiger partial charge in [-0.3, -0.25) is 16.0 Å². The highest BCUT2D eigenvalue weighted by Gasteiger charge is 2.18. The van der Waals surface area contributed by atoms with Crippen molar-refractivity contribution in [2.75, 3.05) is 5.75 Å². The van der Waals surface area contributed by atoms with Crippen LogP contribution in [0.25, 0.3) is 0 Å². The topological polar surface area (TPSA) is 55.9 Å². The van der Waals surface area contributed by atoms with Gasteiger partial charge in [0.1, 0.15) is 0 Å². The van der Waals surface area contributed by atoms with E-state index in [1.54, 1.807) is 0 Å². The molecule has 0 aromatic carbocycles. The number of hydrazine groups is 1. The van der Waals surface area contributed by atoms with E-state index >= 15 is 0 Å². The van der Waals surface area contributed by atoms with E-state index in [4.69, 9.17) is 5.84 Å². The average molecular weight is 349 g/mol. The minimum absolute atomic E-state index is 0.274. The van der Waals surface area contributed by atoms with Gasteiger partial charge in [0.15, 0.2) is 0 Å². The minimum Gasteiger partial charge on any atom is -0.271 e. The third kappa shape index (κ3) is 4.77. The highest BCUT2D eigenvalue weighted by atomic mass is 79.9. The molecule has 1 atom stereocenters. The first-order valence-electron chi connectivity index (χ1n) is 6.85. The lowest BCUT2D eigenvalue weighted by molar-refractivity contribution is 0.532. The maximum Gasteiger partial charge on any atom is 0.0766 e. The summed E-state index contributed by atoms with van der Waals surface area (Å²) in [5.41, 5.74) is 5.30. The van der Waals surface area contributed by atoms with Gasteiger partial charge in [0.2, 0.25) is 0 Å². The third-order valence-corrected chi connectivity index (χ3v) is 5.18. The van der Waals surface area contributed by atoms with E-state index in [9.17, 15) is 0 Å². The van der Waals surface area contributed by atoms with Gasteiger partial charge in [-0.2, -0.15) is 16.9 Å². The monoisotopic (exact) mass is 348 g/mol. The minimum atomic E-state index is 0.274. The van der Waals surface area contributed by atoms with Gasteiger partial charge in [0.25, 0.3) is 0 Å². The zero-order valence-electron chi connectivity index (χ0n) is 12.2. The lowest BCUT2D eigenvalue weighted by Crippen LogP contribution is -2.39. The molecule has 6 heteroatoms. The molecule has 19 heavy (non-hydrogen) atoms. The number of hydrogen-bond donors (Lipinski definition) is 2. The number of nitrogens with zero attached hydrogens (tertiary/aromatic N) is 2. The lowest BCUT2D eigenvalue weighted by atomic mass is 10.1. The van der Waals surface area contributed by atoms with E-state index in [1.807, 2.05) is 11.8 Å². The third-order valence-electron chi connectivity index (χ3n) is 3.00. The average Bonchev–Trinajstić information content (AvgIpc) is 2.70. The molecule has 1 aromatic heterocycles. The predicted octanol–water partition coefficient (Wildman–Crippen LogP) is 2.74. The zero-order chi connectivity index (χ0) is 14.4. The van der Waals surface area contributed by atoms with Crippen LogP contribution in [0, 0.1) is 0 Å². The molecule has 1 heterocycles. The highest BCUT2D eigenvalue weighted by molar-refractivity contribution is 9.10. The van der Waals surface area contributed by atoms with Crippen molar-refractivity contribution < 1.29 is 0 Å². The number of thioether (sulfide) groups is 1. The Morgan fingerprint density at radius 2 is 2.11 bits per heavy atom. The molecule has 0 saturated carbocycles. The second-order valence-corrected chi connectivity index (χ2v) is 7.23. The number of rotatable bonds is 8. The van der Waals surface area contributed by atoms with E-state index in [2.05, 4.69) is 58.8 Å². The fraction of sp³-hybridized carbons (Fsp3) is 0.769. The van der Waals surface area contributed by atoms with Crippen molar-refractivity contribution in [3.05, 3.63) is 15.9 Å². The van der Waals surface area contributed by atoms with Crippen LogP contribution in [0.5, 0.6) is 0 Å². The molecule has 110 valence electrons. The van der Waals surface area contributed by atoms with Crippen LogP contribution in [-0.4, -0.2) is 26.8 Å². The fourth-order valence-electron chi connectivity index (χ4n) is 1.92. The van der Waals surface area contributed by atoms with Crippen molar-refractivity contribution in [3.63, 3.8) is 0 Å². The molecule has 0 aliphatic heterocycles. The normalized spacial score (nSPS) is 13.2. The summed E-state index contributed by atoms with van der Waals surface area (Å²) >= 11 is 5.61. The largest absolute Gasteiger partial charge is 0.271 e. The van der Waals surface area contributed by atoms with Gasteiger partial charge in [-0.15, -0.1) is 0 Å². The van der Waals surface area contributed by atoms with Gasteiger partial charge >= 0.3 is 0 Å². The van der Waals surface area contributed by atoms with Crippen molar-refractivity contribution in [2.24, 2.45) is 5.84 Å². The molecule has 1 aromatic rings. The summed E-state index contributed by atoms with van der Waals surface area (Å²) in [5.74, 6) is 6.69. The van der Waals surface area contributed by atoms with Gasteiger partial charge in [-0.05, 0) is 34.5 Å². The van der Waals surface area contributed by atoms with Crippen LogP contribution in [0.3, 0.4) is 0 Å². The smallest absolute Gasteiger partial charge is 0.0766 e. The molecule has 0 fully saturated rings. The molecule has 0 bridgehead atoms. The Morgan fingerprint density at radius 3 is 2.58 bits per heavy atom. The maximum absolute atomic E-state index is 5.68. The summed E-state index contributed by atoms with van der Waals surface area (Å²) in [6, 6.07) is 0.274.